The monoisotopic (exact) mass is 482 g/mol. The van der Waals surface area contributed by atoms with E-state index in [1.54, 1.807) is 0 Å². The van der Waals surface area contributed by atoms with Gasteiger partial charge in [0.15, 0.2) is 0 Å². The maximum absolute atomic E-state index is 11.1. The first-order chi connectivity index (χ1) is 17.6. The van der Waals surface area contributed by atoms with Crippen molar-refractivity contribution in [1.29, 1.82) is 0 Å². The van der Waals surface area contributed by atoms with Crippen LogP contribution in [0.3, 0.4) is 0 Å². The van der Waals surface area contributed by atoms with Crippen LogP contribution in [0.15, 0.2) is 78.9 Å². The Morgan fingerprint density at radius 3 is 2.17 bits per heavy atom. The van der Waals surface area contributed by atoms with Crippen LogP contribution < -0.4 is 0 Å². The van der Waals surface area contributed by atoms with E-state index >= 15 is 0 Å². The van der Waals surface area contributed by atoms with Gasteiger partial charge in [0.25, 0.3) is 0 Å². The Bertz CT molecular complexity index is 1260. The standard InChI is InChI=1S/C30H34N4O2/c1-23-31-28-21-25(13-14-29(28)34(23)19-20-36-24(2)35)22-32-15-17-33(18-16-32)30(26-9-5-3-6-10-26)27-11-7-4-8-12-27/h3-14,21,30H,15-20,22H2,1-2H3. The van der Waals surface area contributed by atoms with Crippen LogP contribution in [-0.2, 0) is 22.6 Å². The molecule has 0 saturated carbocycles. The van der Waals surface area contributed by atoms with Gasteiger partial charge in [0.1, 0.15) is 12.4 Å². The van der Waals surface area contributed by atoms with Gasteiger partial charge in [0.2, 0.25) is 0 Å². The third kappa shape index (κ3) is 5.50. The number of imidazole rings is 1. The molecule has 3 aromatic carbocycles. The molecule has 36 heavy (non-hydrogen) atoms. The summed E-state index contributed by atoms with van der Waals surface area (Å²) in [6, 6.07) is 28.5. The molecule has 0 N–H and O–H groups in total. The largest absolute Gasteiger partial charge is 0.464 e. The van der Waals surface area contributed by atoms with Crippen molar-refractivity contribution in [2.45, 2.75) is 33.0 Å². The predicted octanol–water partition coefficient (Wildman–Crippen LogP) is 4.82. The van der Waals surface area contributed by atoms with Gasteiger partial charge in [0.05, 0.1) is 23.6 Å². The first-order valence-electron chi connectivity index (χ1n) is 12.7. The van der Waals surface area contributed by atoms with E-state index in [1.807, 2.05) is 6.92 Å². The lowest BCUT2D eigenvalue weighted by Gasteiger charge is -2.39. The molecule has 1 aliphatic heterocycles. The van der Waals surface area contributed by atoms with Gasteiger partial charge in [0, 0.05) is 39.6 Å². The Balaban J connectivity index is 1.25. The molecule has 186 valence electrons. The molecule has 2 heterocycles. The van der Waals surface area contributed by atoms with E-state index < -0.39 is 0 Å². The molecule has 1 fully saturated rings. The van der Waals surface area contributed by atoms with E-state index in [4.69, 9.17) is 9.72 Å². The van der Waals surface area contributed by atoms with E-state index in [1.165, 1.54) is 23.6 Å². The fourth-order valence-electron chi connectivity index (χ4n) is 5.28. The molecule has 0 aliphatic carbocycles. The molecule has 6 heteroatoms. The van der Waals surface area contributed by atoms with Crippen LogP contribution in [0.25, 0.3) is 11.0 Å². The van der Waals surface area contributed by atoms with Crippen molar-refractivity contribution in [3.05, 3.63) is 101 Å². The predicted molar refractivity (Wildman–Crippen MR) is 143 cm³/mol. The Labute approximate surface area is 213 Å². The van der Waals surface area contributed by atoms with Crippen molar-refractivity contribution in [1.82, 2.24) is 19.4 Å². The number of aryl methyl sites for hydroxylation is 1. The van der Waals surface area contributed by atoms with Crippen LogP contribution in [0.2, 0.25) is 0 Å². The second kappa shape index (κ2) is 11.1. The number of benzene rings is 3. The molecular weight excluding hydrogens is 448 g/mol. The van der Waals surface area contributed by atoms with E-state index in [2.05, 4.69) is 93.2 Å². The third-order valence-electron chi connectivity index (χ3n) is 7.03. The summed E-state index contributed by atoms with van der Waals surface area (Å²) >= 11 is 0. The number of esters is 1. The topological polar surface area (TPSA) is 50.6 Å². The summed E-state index contributed by atoms with van der Waals surface area (Å²) in [6.45, 7) is 9.46. The maximum atomic E-state index is 11.1. The minimum atomic E-state index is -0.252. The zero-order valence-electron chi connectivity index (χ0n) is 21.1. The number of ether oxygens (including phenoxy) is 1. The minimum Gasteiger partial charge on any atom is -0.464 e. The number of rotatable bonds is 8. The summed E-state index contributed by atoms with van der Waals surface area (Å²) in [4.78, 5) is 21.0. The lowest BCUT2D eigenvalue weighted by Crippen LogP contribution is -2.47. The van der Waals surface area contributed by atoms with Crippen LogP contribution >= 0.6 is 0 Å². The van der Waals surface area contributed by atoms with Gasteiger partial charge in [-0.2, -0.15) is 0 Å². The molecule has 1 saturated heterocycles. The third-order valence-corrected chi connectivity index (χ3v) is 7.03. The van der Waals surface area contributed by atoms with Crippen molar-refractivity contribution in [2.75, 3.05) is 32.8 Å². The second-order valence-corrected chi connectivity index (χ2v) is 9.51. The number of nitrogens with zero attached hydrogens (tertiary/aromatic N) is 4. The first-order valence-corrected chi connectivity index (χ1v) is 12.7. The summed E-state index contributed by atoms with van der Waals surface area (Å²) in [6.07, 6.45) is 0. The van der Waals surface area contributed by atoms with Crippen LogP contribution in [0.4, 0.5) is 0 Å². The van der Waals surface area contributed by atoms with Crippen molar-refractivity contribution < 1.29 is 9.53 Å². The normalized spacial score (nSPS) is 15.0. The van der Waals surface area contributed by atoms with Gasteiger partial charge < -0.3 is 9.30 Å². The van der Waals surface area contributed by atoms with Crippen LogP contribution in [0.5, 0.6) is 0 Å². The number of hydrogen-bond acceptors (Lipinski definition) is 5. The number of piperazine rings is 1. The number of fused-ring (bicyclic) bond motifs is 1. The van der Waals surface area contributed by atoms with E-state index in [0.29, 0.717) is 13.2 Å². The number of carbonyl (C=O) groups excluding carboxylic acids is 1. The summed E-state index contributed by atoms with van der Waals surface area (Å²) in [5.41, 5.74) is 6.06. The van der Waals surface area contributed by atoms with Gasteiger partial charge in [-0.25, -0.2) is 4.98 Å². The minimum absolute atomic E-state index is 0.252. The second-order valence-electron chi connectivity index (χ2n) is 9.51. The first kappa shape index (κ1) is 24.2. The Hall–Kier alpha value is -3.48. The zero-order valence-corrected chi connectivity index (χ0v) is 21.1. The molecule has 0 radical (unpaired) electrons. The van der Waals surface area contributed by atoms with Crippen LogP contribution in [0.1, 0.15) is 35.5 Å². The summed E-state index contributed by atoms with van der Waals surface area (Å²) < 4.78 is 7.25. The number of hydrogen-bond donors (Lipinski definition) is 0. The lowest BCUT2D eigenvalue weighted by molar-refractivity contribution is -0.141. The molecule has 5 rings (SSSR count). The van der Waals surface area contributed by atoms with E-state index in [0.717, 1.165) is 49.6 Å². The van der Waals surface area contributed by atoms with E-state index in [9.17, 15) is 4.79 Å². The molecule has 6 nitrogen and oxygen atoms in total. The van der Waals surface area contributed by atoms with Crippen LogP contribution in [-0.4, -0.2) is 58.1 Å². The molecule has 1 aromatic heterocycles. The van der Waals surface area contributed by atoms with Crippen molar-refractivity contribution in [3.63, 3.8) is 0 Å². The lowest BCUT2D eigenvalue weighted by atomic mass is 9.96. The van der Waals surface area contributed by atoms with Gasteiger partial charge in [-0.3, -0.25) is 14.6 Å². The highest BCUT2D eigenvalue weighted by atomic mass is 16.5. The molecule has 0 bridgehead atoms. The van der Waals surface area contributed by atoms with Crippen molar-refractivity contribution >= 4 is 17.0 Å². The highest BCUT2D eigenvalue weighted by Crippen LogP contribution is 2.29. The van der Waals surface area contributed by atoms with Gasteiger partial charge in [-0.1, -0.05) is 66.7 Å². The highest BCUT2D eigenvalue weighted by molar-refractivity contribution is 5.77. The molecule has 0 amide bonds. The fraction of sp³-hybridized carbons (Fsp3) is 0.333. The SMILES string of the molecule is CC(=O)OCCn1c(C)nc2cc(CN3CCN(C(c4ccccc4)c4ccccc4)CC3)ccc21. The van der Waals surface area contributed by atoms with Gasteiger partial charge in [-0.15, -0.1) is 0 Å². The Kier molecular flexibility index (Phi) is 7.44. The summed E-state index contributed by atoms with van der Waals surface area (Å²) in [5.74, 6) is 0.689. The van der Waals surface area contributed by atoms with Crippen LogP contribution in [0, 0.1) is 6.92 Å². The quantitative estimate of drug-likeness (QED) is 0.337. The van der Waals surface area contributed by atoms with E-state index in [-0.39, 0.29) is 12.0 Å². The number of carbonyl (C=O) groups is 1. The highest BCUT2D eigenvalue weighted by Gasteiger charge is 2.26. The van der Waals surface area contributed by atoms with Gasteiger partial charge >= 0.3 is 5.97 Å². The maximum Gasteiger partial charge on any atom is 0.302 e. The van der Waals surface area contributed by atoms with Crippen molar-refractivity contribution in [3.8, 4) is 0 Å². The Morgan fingerprint density at radius 1 is 0.917 bits per heavy atom. The van der Waals surface area contributed by atoms with Crippen molar-refractivity contribution in [2.24, 2.45) is 0 Å². The molecule has 1 aliphatic rings. The smallest absolute Gasteiger partial charge is 0.302 e. The average molecular weight is 483 g/mol. The molecule has 4 aromatic rings. The fourth-order valence-corrected chi connectivity index (χ4v) is 5.28. The van der Waals surface area contributed by atoms with Gasteiger partial charge in [-0.05, 0) is 35.7 Å². The Morgan fingerprint density at radius 2 is 1.56 bits per heavy atom. The summed E-state index contributed by atoms with van der Waals surface area (Å²) in [5, 5.41) is 0. The molecule has 0 atom stereocenters. The number of aromatic nitrogens is 2. The summed E-state index contributed by atoms with van der Waals surface area (Å²) in [7, 11) is 0. The molecule has 0 unspecified atom stereocenters. The zero-order chi connectivity index (χ0) is 24.9. The molecule has 0 spiro atoms. The average Bonchev–Trinajstić information content (AvgIpc) is 3.20. The molecular formula is C30H34N4O2.